The molecule has 1 aliphatic heterocycles. The minimum atomic E-state index is -0.268. The van der Waals surface area contributed by atoms with Gasteiger partial charge in [-0.15, -0.1) is 0 Å². The molecule has 2 N–H and O–H groups in total. The van der Waals surface area contributed by atoms with E-state index in [0.717, 1.165) is 5.69 Å². The number of aliphatic hydroxyl groups excluding tert-OH is 1. The van der Waals surface area contributed by atoms with Crippen LogP contribution < -0.4 is 5.32 Å². The van der Waals surface area contributed by atoms with Gasteiger partial charge in [-0.25, -0.2) is 0 Å². The molecule has 1 saturated heterocycles. The van der Waals surface area contributed by atoms with Crippen molar-refractivity contribution in [2.45, 2.75) is 18.9 Å². The number of rotatable bonds is 2. The number of amides is 1. The minimum Gasteiger partial charge on any atom is -0.393 e. The highest BCUT2D eigenvalue weighted by molar-refractivity contribution is 5.93. The van der Waals surface area contributed by atoms with Crippen LogP contribution in [0.1, 0.15) is 23.3 Å². The van der Waals surface area contributed by atoms with Gasteiger partial charge in [-0.3, -0.25) is 9.78 Å². The van der Waals surface area contributed by atoms with Gasteiger partial charge in [-0.2, -0.15) is 0 Å². The summed E-state index contributed by atoms with van der Waals surface area (Å²) in [4.78, 5) is 18.0. The molecule has 2 rings (SSSR count). The van der Waals surface area contributed by atoms with E-state index in [0.29, 0.717) is 31.6 Å². The zero-order chi connectivity index (χ0) is 12.3. The van der Waals surface area contributed by atoms with Gasteiger partial charge in [0.2, 0.25) is 0 Å². The van der Waals surface area contributed by atoms with Crippen molar-refractivity contribution in [1.29, 1.82) is 0 Å². The predicted octanol–water partition coefficient (Wildman–Crippen LogP) is 0.720. The molecular formula is C12H17N3O2. The number of aromatic nitrogens is 1. The van der Waals surface area contributed by atoms with Crippen molar-refractivity contribution >= 4 is 11.6 Å². The third-order valence-corrected chi connectivity index (χ3v) is 3.02. The van der Waals surface area contributed by atoms with Crippen molar-refractivity contribution in [2.24, 2.45) is 0 Å². The number of hydrogen-bond donors (Lipinski definition) is 2. The van der Waals surface area contributed by atoms with Gasteiger partial charge >= 0.3 is 0 Å². The smallest absolute Gasteiger partial charge is 0.272 e. The largest absolute Gasteiger partial charge is 0.393 e. The second-order valence-electron chi connectivity index (χ2n) is 4.20. The van der Waals surface area contributed by atoms with Crippen LogP contribution in [0.15, 0.2) is 18.3 Å². The highest BCUT2D eigenvalue weighted by atomic mass is 16.3. The molecule has 1 amide bonds. The van der Waals surface area contributed by atoms with E-state index in [9.17, 15) is 9.90 Å². The number of anilines is 1. The van der Waals surface area contributed by atoms with Gasteiger partial charge < -0.3 is 15.3 Å². The van der Waals surface area contributed by atoms with Gasteiger partial charge in [-0.05, 0) is 25.0 Å². The third-order valence-electron chi connectivity index (χ3n) is 3.02. The van der Waals surface area contributed by atoms with Gasteiger partial charge in [-0.1, -0.05) is 0 Å². The van der Waals surface area contributed by atoms with E-state index < -0.39 is 0 Å². The Bertz CT molecular complexity index is 400. The summed E-state index contributed by atoms with van der Waals surface area (Å²) >= 11 is 0. The fourth-order valence-electron chi connectivity index (χ4n) is 1.93. The summed E-state index contributed by atoms with van der Waals surface area (Å²) in [7, 11) is 1.81. The Hall–Kier alpha value is -1.62. The molecule has 0 bridgehead atoms. The van der Waals surface area contributed by atoms with E-state index in [1.807, 2.05) is 6.07 Å². The van der Waals surface area contributed by atoms with Crippen LogP contribution in [0.2, 0.25) is 0 Å². The lowest BCUT2D eigenvalue weighted by atomic mass is 10.1. The van der Waals surface area contributed by atoms with Gasteiger partial charge in [0.25, 0.3) is 5.91 Å². The first-order chi connectivity index (χ1) is 8.20. The Morgan fingerprint density at radius 1 is 1.53 bits per heavy atom. The first-order valence-corrected chi connectivity index (χ1v) is 5.82. The fraction of sp³-hybridized carbons (Fsp3) is 0.500. The van der Waals surface area contributed by atoms with Crippen molar-refractivity contribution in [3.63, 3.8) is 0 Å². The average molecular weight is 235 g/mol. The van der Waals surface area contributed by atoms with E-state index in [-0.39, 0.29) is 12.0 Å². The standard InChI is InChI=1S/C12H17N3O2/c1-13-9-2-5-14-11(8-9)12(17)15-6-3-10(16)4-7-15/h2,5,8,10,16H,3-4,6-7H2,1H3,(H,13,14). The molecule has 1 fully saturated rings. The molecule has 17 heavy (non-hydrogen) atoms. The Balaban J connectivity index is 2.08. The molecule has 1 aromatic heterocycles. The molecule has 0 unspecified atom stereocenters. The van der Waals surface area contributed by atoms with E-state index in [1.165, 1.54) is 0 Å². The Morgan fingerprint density at radius 3 is 2.88 bits per heavy atom. The molecule has 0 spiro atoms. The van der Waals surface area contributed by atoms with E-state index in [1.54, 1.807) is 24.2 Å². The maximum absolute atomic E-state index is 12.1. The average Bonchev–Trinajstić information content (AvgIpc) is 2.39. The number of likely N-dealkylation sites (tertiary alicyclic amines) is 1. The fourth-order valence-corrected chi connectivity index (χ4v) is 1.93. The normalized spacial score (nSPS) is 16.9. The van der Waals surface area contributed by atoms with Crippen LogP contribution in [0.4, 0.5) is 5.69 Å². The zero-order valence-corrected chi connectivity index (χ0v) is 9.89. The topological polar surface area (TPSA) is 65.5 Å². The second-order valence-corrected chi connectivity index (χ2v) is 4.20. The van der Waals surface area contributed by atoms with Crippen molar-refractivity contribution in [3.8, 4) is 0 Å². The Morgan fingerprint density at radius 2 is 2.24 bits per heavy atom. The molecule has 0 atom stereocenters. The monoisotopic (exact) mass is 235 g/mol. The maximum atomic E-state index is 12.1. The van der Waals surface area contributed by atoms with Crippen LogP contribution in [0.3, 0.4) is 0 Å². The first-order valence-electron chi connectivity index (χ1n) is 5.82. The van der Waals surface area contributed by atoms with Crippen LogP contribution >= 0.6 is 0 Å². The van der Waals surface area contributed by atoms with Crippen LogP contribution in [0, 0.1) is 0 Å². The predicted molar refractivity (Wildman–Crippen MR) is 64.9 cm³/mol. The third kappa shape index (κ3) is 2.74. The SMILES string of the molecule is CNc1ccnc(C(=O)N2CCC(O)CC2)c1. The van der Waals surface area contributed by atoms with E-state index in [2.05, 4.69) is 10.3 Å². The molecule has 1 aliphatic rings. The molecule has 0 aromatic carbocycles. The van der Waals surface area contributed by atoms with Crippen molar-refractivity contribution in [1.82, 2.24) is 9.88 Å². The van der Waals surface area contributed by atoms with Crippen molar-refractivity contribution < 1.29 is 9.90 Å². The lowest BCUT2D eigenvalue weighted by Crippen LogP contribution is -2.40. The number of nitrogens with zero attached hydrogens (tertiary/aromatic N) is 2. The highest BCUT2D eigenvalue weighted by Crippen LogP contribution is 2.14. The molecule has 92 valence electrons. The lowest BCUT2D eigenvalue weighted by Gasteiger charge is -2.29. The molecule has 1 aromatic rings. The van der Waals surface area contributed by atoms with E-state index >= 15 is 0 Å². The molecule has 0 saturated carbocycles. The summed E-state index contributed by atoms with van der Waals surface area (Å²) < 4.78 is 0. The van der Waals surface area contributed by atoms with Gasteiger partial charge in [0.05, 0.1) is 6.10 Å². The van der Waals surface area contributed by atoms with E-state index in [4.69, 9.17) is 0 Å². The van der Waals surface area contributed by atoms with Gasteiger partial charge in [0, 0.05) is 32.0 Å². The molecule has 2 heterocycles. The number of nitrogens with one attached hydrogen (secondary N) is 1. The number of carbonyl (C=O) groups is 1. The lowest BCUT2D eigenvalue weighted by molar-refractivity contribution is 0.0541. The zero-order valence-electron chi connectivity index (χ0n) is 9.89. The second kappa shape index (κ2) is 5.14. The summed E-state index contributed by atoms with van der Waals surface area (Å²) in [6.45, 7) is 1.21. The van der Waals surface area contributed by atoms with Crippen LogP contribution in [-0.4, -0.2) is 47.1 Å². The molecule has 5 heteroatoms. The summed E-state index contributed by atoms with van der Waals surface area (Å²) in [5.74, 6) is -0.0611. The summed E-state index contributed by atoms with van der Waals surface area (Å²) in [6.07, 6.45) is 2.66. The van der Waals surface area contributed by atoms with Gasteiger partial charge in [0.1, 0.15) is 5.69 Å². The summed E-state index contributed by atoms with van der Waals surface area (Å²) in [6, 6.07) is 3.56. The number of aliphatic hydroxyl groups is 1. The number of pyridine rings is 1. The molecular weight excluding hydrogens is 218 g/mol. The number of carbonyl (C=O) groups excluding carboxylic acids is 1. The van der Waals surface area contributed by atoms with Crippen LogP contribution in [-0.2, 0) is 0 Å². The minimum absolute atomic E-state index is 0.0611. The Kier molecular flexibility index (Phi) is 3.58. The molecule has 5 nitrogen and oxygen atoms in total. The Labute approximate surface area is 100 Å². The number of piperidine rings is 1. The molecule has 0 aliphatic carbocycles. The summed E-state index contributed by atoms with van der Waals surface area (Å²) in [5, 5.41) is 12.4. The number of hydrogen-bond acceptors (Lipinski definition) is 4. The van der Waals surface area contributed by atoms with Crippen molar-refractivity contribution in [2.75, 3.05) is 25.5 Å². The van der Waals surface area contributed by atoms with Gasteiger partial charge in [0.15, 0.2) is 0 Å². The highest BCUT2D eigenvalue weighted by Gasteiger charge is 2.23. The van der Waals surface area contributed by atoms with Crippen molar-refractivity contribution in [3.05, 3.63) is 24.0 Å². The van der Waals surface area contributed by atoms with Crippen LogP contribution in [0.25, 0.3) is 0 Å². The quantitative estimate of drug-likeness (QED) is 0.792. The first kappa shape index (κ1) is 11.9. The summed E-state index contributed by atoms with van der Waals surface area (Å²) in [5.41, 5.74) is 1.33. The molecule has 0 radical (unpaired) electrons. The maximum Gasteiger partial charge on any atom is 0.272 e. The van der Waals surface area contributed by atoms with Crippen LogP contribution in [0.5, 0.6) is 0 Å².